The first-order valence-electron chi connectivity index (χ1n) is 7.53. The average molecular weight is 279 g/mol. The number of benzene rings is 1. The molecule has 0 saturated heterocycles. The van der Waals surface area contributed by atoms with Crippen molar-refractivity contribution in [3.63, 3.8) is 0 Å². The lowest BCUT2D eigenvalue weighted by molar-refractivity contribution is 0.132. The molecule has 3 nitrogen and oxygen atoms in total. The number of ether oxygens (including phenoxy) is 1. The molecular formula is C17H29NO2. The lowest BCUT2D eigenvalue weighted by Crippen LogP contribution is -2.33. The number of nitrogens with one attached hydrogen (secondary N) is 1. The molecule has 0 aromatic heterocycles. The third-order valence-corrected chi connectivity index (χ3v) is 3.43. The summed E-state index contributed by atoms with van der Waals surface area (Å²) in [7, 11) is 1.71. The zero-order valence-corrected chi connectivity index (χ0v) is 13.2. The van der Waals surface area contributed by atoms with Gasteiger partial charge >= 0.3 is 0 Å². The molecule has 114 valence electrons. The van der Waals surface area contributed by atoms with Crippen LogP contribution in [0.25, 0.3) is 0 Å². The molecule has 1 aromatic rings. The van der Waals surface area contributed by atoms with Crippen molar-refractivity contribution in [1.82, 2.24) is 5.32 Å². The van der Waals surface area contributed by atoms with Crippen LogP contribution in [0.5, 0.6) is 0 Å². The monoisotopic (exact) mass is 279 g/mol. The summed E-state index contributed by atoms with van der Waals surface area (Å²) in [5.41, 5.74) is 2.31. The minimum Gasteiger partial charge on any atom is -0.387 e. The van der Waals surface area contributed by atoms with E-state index in [1.807, 2.05) is 19.1 Å². The van der Waals surface area contributed by atoms with Crippen LogP contribution in [-0.2, 0) is 11.2 Å². The molecule has 0 spiro atoms. The van der Waals surface area contributed by atoms with Crippen LogP contribution in [0.15, 0.2) is 24.3 Å². The Hall–Kier alpha value is -0.900. The molecule has 2 N–H and O–H groups in total. The van der Waals surface area contributed by atoms with Gasteiger partial charge in [-0.3, -0.25) is 0 Å². The van der Waals surface area contributed by atoms with Gasteiger partial charge in [-0.05, 0) is 43.4 Å². The molecule has 0 bridgehead atoms. The fourth-order valence-corrected chi connectivity index (χ4v) is 2.27. The van der Waals surface area contributed by atoms with E-state index in [1.165, 1.54) is 5.56 Å². The molecule has 3 heteroatoms. The van der Waals surface area contributed by atoms with Gasteiger partial charge in [0.1, 0.15) is 0 Å². The van der Waals surface area contributed by atoms with Crippen LogP contribution in [0, 0.1) is 5.92 Å². The Kier molecular flexibility index (Phi) is 7.82. The molecule has 0 fully saturated rings. The van der Waals surface area contributed by atoms with Gasteiger partial charge in [0.25, 0.3) is 0 Å². The normalized spacial score (nSPS) is 14.5. The first-order valence-corrected chi connectivity index (χ1v) is 7.53. The van der Waals surface area contributed by atoms with Crippen LogP contribution in [0.1, 0.15) is 44.4 Å². The minimum atomic E-state index is -0.467. The van der Waals surface area contributed by atoms with Crippen LogP contribution in [-0.4, -0.2) is 31.4 Å². The molecular weight excluding hydrogens is 250 g/mol. The molecule has 2 atom stereocenters. The van der Waals surface area contributed by atoms with Crippen molar-refractivity contribution in [3.05, 3.63) is 35.4 Å². The van der Waals surface area contributed by atoms with Crippen molar-refractivity contribution >= 4 is 0 Å². The SMILES string of the molecule is COCCCNC(C)C(O)c1ccc(CC(C)C)cc1. The van der Waals surface area contributed by atoms with Gasteiger partial charge in [0, 0.05) is 19.8 Å². The summed E-state index contributed by atoms with van der Waals surface area (Å²) in [5, 5.41) is 13.7. The van der Waals surface area contributed by atoms with Crippen molar-refractivity contribution in [2.24, 2.45) is 5.92 Å². The fourth-order valence-electron chi connectivity index (χ4n) is 2.27. The number of rotatable bonds is 9. The lowest BCUT2D eigenvalue weighted by atomic mass is 9.98. The van der Waals surface area contributed by atoms with Gasteiger partial charge in [-0.15, -0.1) is 0 Å². The molecule has 2 unspecified atom stereocenters. The summed E-state index contributed by atoms with van der Waals surface area (Å²) >= 11 is 0. The maximum atomic E-state index is 10.3. The van der Waals surface area contributed by atoms with E-state index in [2.05, 4.69) is 31.3 Å². The van der Waals surface area contributed by atoms with Crippen LogP contribution < -0.4 is 5.32 Å². The summed E-state index contributed by atoms with van der Waals surface area (Å²) < 4.78 is 5.01. The molecule has 0 radical (unpaired) electrons. The lowest BCUT2D eigenvalue weighted by Gasteiger charge is -2.21. The predicted octanol–water partition coefficient (Wildman–Crippen LogP) is 2.93. The molecule has 0 aliphatic rings. The Morgan fingerprint density at radius 2 is 1.80 bits per heavy atom. The highest BCUT2D eigenvalue weighted by Gasteiger charge is 2.15. The van der Waals surface area contributed by atoms with Gasteiger partial charge in [-0.1, -0.05) is 38.1 Å². The first-order chi connectivity index (χ1) is 9.54. The van der Waals surface area contributed by atoms with Crippen molar-refractivity contribution in [1.29, 1.82) is 0 Å². The largest absolute Gasteiger partial charge is 0.387 e. The minimum absolute atomic E-state index is 0.0443. The van der Waals surface area contributed by atoms with E-state index in [1.54, 1.807) is 7.11 Å². The van der Waals surface area contributed by atoms with Gasteiger partial charge < -0.3 is 15.2 Å². The fraction of sp³-hybridized carbons (Fsp3) is 0.647. The third-order valence-electron chi connectivity index (χ3n) is 3.43. The Morgan fingerprint density at radius 3 is 2.35 bits per heavy atom. The predicted molar refractivity (Wildman–Crippen MR) is 83.9 cm³/mol. The zero-order valence-electron chi connectivity index (χ0n) is 13.2. The second-order valence-corrected chi connectivity index (χ2v) is 5.87. The summed E-state index contributed by atoms with van der Waals surface area (Å²) in [4.78, 5) is 0. The topological polar surface area (TPSA) is 41.5 Å². The van der Waals surface area contributed by atoms with Crippen LogP contribution in [0.4, 0.5) is 0 Å². The van der Waals surface area contributed by atoms with E-state index in [0.717, 1.165) is 31.6 Å². The molecule has 20 heavy (non-hydrogen) atoms. The Balaban J connectivity index is 2.47. The highest BCUT2D eigenvalue weighted by Crippen LogP contribution is 2.18. The standard InChI is InChI=1S/C17H29NO2/c1-13(2)12-15-6-8-16(9-7-15)17(19)14(3)18-10-5-11-20-4/h6-9,13-14,17-19H,5,10-12H2,1-4H3. The van der Waals surface area contributed by atoms with E-state index in [9.17, 15) is 5.11 Å². The number of aliphatic hydroxyl groups is 1. The Morgan fingerprint density at radius 1 is 1.15 bits per heavy atom. The van der Waals surface area contributed by atoms with Crippen LogP contribution in [0.2, 0.25) is 0 Å². The molecule has 0 heterocycles. The van der Waals surface area contributed by atoms with Gasteiger partial charge in [0.2, 0.25) is 0 Å². The number of aliphatic hydroxyl groups excluding tert-OH is 1. The highest BCUT2D eigenvalue weighted by atomic mass is 16.5. The second kappa shape index (κ2) is 9.11. The van der Waals surface area contributed by atoms with E-state index in [4.69, 9.17) is 4.74 Å². The third kappa shape index (κ3) is 6.04. The van der Waals surface area contributed by atoms with E-state index >= 15 is 0 Å². The molecule has 0 amide bonds. The maximum Gasteiger partial charge on any atom is 0.0940 e. The number of hydrogen-bond acceptors (Lipinski definition) is 3. The average Bonchev–Trinajstić information content (AvgIpc) is 2.43. The molecule has 1 aromatic carbocycles. The Labute approximate surface area is 123 Å². The van der Waals surface area contributed by atoms with Gasteiger partial charge in [0.15, 0.2) is 0 Å². The summed E-state index contributed by atoms with van der Waals surface area (Å²) in [6, 6.07) is 8.36. The number of methoxy groups -OCH3 is 1. The Bertz CT molecular complexity index is 362. The molecule has 0 aliphatic carbocycles. The second-order valence-electron chi connectivity index (χ2n) is 5.87. The molecule has 0 aliphatic heterocycles. The van der Waals surface area contributed by atoms with Crippen LogP contribution >= 0.6 is 0 Å². The smallest absolute Gasteiger partial charge is 0.0940 e. The van der Waals surface area contributed by atoms with E-state index in [-0.39, 0.29) is 6.04 Å². The van der Waals surface area contributed by atoms with Crippen molar-refractivity contribution in [3.8, 4) is 0 Å². The summed E-state index contributed by atoms with van der Waals surface area (Å²) in [6.07, 6.45) is 1.58. The zero-order chi connectivity index (χ0) is 15.0. The quantitative estimate of drug-likeness (QED) is 0.683. The van der Waals surface area contributed by atoms with Crippen molar-refractivity contribution < 1.29 is 9.84 Å². The van der Waals surface area contributed by atoms with Crippen molar-refractivity contribution in [2.45, 2.75) is 45.8 Å². The van der Waals surface area contributed by atoms with Gasteiger partial charge in [-0.25, -0.2) is 0 Å². The molecule has 0 saturated carbocycles. The van der Waals surface area contributed by atoms with Crippen molar-refractivity contribution in [2.75, 3.05) is 20.3 Å². The van der Waals surface area contributed by atoms with E-state index in [0.29, 0.717) is 5.92 Å². The molecule has 1 rings (SSSR count). The summed E-state index contributed by atoms with van der Waals surface area (Å²) in [6.45, 7) is 8.06. The number of hydrogen-bond donors (Lipinski definition) is 2. The first kappa shape index (κ1) is 17.2. The highest BCUT2D eigenvalue weighted by molar-refractivity contribution is 5.25. The van der Waals surface area contributed by atoms with Crippen LogP contribution in [0.3, 0.4) is 0 Å². The van der Waals surface area contributed by atoms with Gasteiger partial charge in [0.05, 0.1) is 6.10 Å². The van der Waals surface area contributed by atoms with E-state index < -0.39 is 6.10 Å². The van der Waals surface area contributed by atoms with Gasteiger partial charge in [-0.2, -0.15) is 0 Å². The summed E-state index contributed by atoms with van der Waals surface area (Å²) in [5.74, 6) is 0.659. The maximum absolute atomic E-state index is 10.3.